The van der Waals surface area contributed by atoms with Crippen molar-refractivity contribution >= 4 is 5.69 Å². The van der Waals surface area contributed by atoms with Gasteiger partial charge in [-0.15, -0.1) is 0 Å². The first-order valence-electron chi connectivity index (χ1n) is 5.52. The second-order valence-corrected chi connectivity index (χ2v) is 3.82. The van der Waals surface area contributed by atoms with Gasteiger partial charge in [-0.1, -0.05) is 37.3 Å². The van der Waals surface area contributed by atoms with E-state index in [2.05, 4.69) is 13.0 Å². The predicted octanol–water partition coefficient (Wildman–Crippen LogP) is 3.21. The first-order valence-corrected chi connectivity index (χ1v) is 5.52. The highest BCUT2D eigenvalue weighted by molar-refractivity contribution is 5.41. The number of aliphatic hydroxyl groups excluding tert-OH is 1. The molecule has 0 aliphatic carbocycles. The fourth-order valence-corrected chi connectivity index (χ4v) is 1.39. The SMILES string of the molecule is CC/C=C\C=C(/C)C(O)c1ccc(N)cc1. The van der Waals surface area contributed by atoms with Crippen molar-refractivity contribution in [3.63, 3.8) is 0 Å². The van der Waals surface area contributed by atoms with Crippen molar-refractivity contribution < 1.29 is 5.11 Å². The number of rotatable bonds is 4. The Kier molecular flexibility index (Phi) is 4.80. The number of anilines is 1. The van der Waals surface area contributed by atoms with Gasteiger partial charge in [-0.05, 0) is 36.6 Å². The molecule has 0 amide bonds. The summed E-state index contributed by atoms with van der Waals surface area (Å²) in [6, 6.07) is 7.29. The van der Waals surface area contributed by atoms with E-state index in [0.29, 0.717) is 5.69 Å². The molecule has 86 valence electrons. The molecule has 0 spiro atoms. The molecule has 16 heavy (non-hydrogen) atoms. The number of hydrogen-bond acceptors (Lipinski definition) is 2. The number of allylic oxidation sites excluding steroid dienone is 3. The Bertz CT molecular complexity index is 376. The molecule has 0 fully saturated rings. The van der Waals surface area contributed by atoms with Gasteiger partial charge in [-0.2, -0.15) is 0 Å². The number of nitrogens with two attached hydrogens (primary N) is 1. The maximum atomic E-state index is 10.0. The second kappa shape index (κ2) is 6.13. The fraction of sp³-hybridized carbons (Fsp3) is 0.286. The molecule has 0 aromatic heterocycles. The van der Waals surface area contributed by atoms with Crippen LogP contribution in [0, 0.1) is 0 Å². The van der Waals surface area contributed by atoms with Crippen molar-refractivity contribution in [1.82, 2.24) is 0 Å². The normalized spacial score (nSPS) is 14.3. The molecule has 0 heterocycles. The molecule has 1 atom stereocenters. The van der Waals surface area contributed by atoms with E-state index in [1.807, 2.05) is 31.2 Å². The van der Waals surface area contributed by atoms with Gasteiger partial charge in [0.2, 0.25) is 0 Å². The molecule has 2 heteroatoms. The molecule has 3 N–H and O–H groups in total. The van der Waals surface area contributed by atoms with E-state index >= 15 is 0 Å². The standard InChI is InChI=1S/C14H19NO/c1-3-4-5-6-11(2)14(16)12-7-9-13(15)10-8-12/h4-10,14,16H,3,15H2,1-2H3/b5-4-,11-6+. The fourth-order valence-electron chi connectivity index (χ4n) is 1.39. The molecular weight excluding hydrogens is 198 g/mol. The Morgan fingerprint density at radius 2 is 2.00 bits per heavy atom. The Morgan fingerprint density at radius 3 is 2.56 bits per heavy atom. The van der Waals surface area contributed by atoms with Crippen LogP contribution < -0.4 is 5.73 Å². The van der Waals surface area contributed by atoms with E-state index in [9.17, 15) is 5.11 Å². The van der Waals surface area contributed by atoms with Crippen LogP contribution in [0.25, 0.3) is 0 Å². The molecule has 0 radical (unpaired) electrons. The van der Waals surface area contributed by atoms with Gasteiger partial charge in [0.1, 0.15) is 6.10 Å². The highest BCUT2D eigenvalue weighted by Crippen LogP contribution is 2.21. The molecule has 1 aromatic rings. The van der Waals surface area contributed by atoms with Gasteiger partial charge in [0.25, 0.3) is 0 Å². The van der Waals surface area contributed by atoms with Crippen molar-refractivity contribution in [2.24, 2.45) is 0 Å². The van der Waals surface area contributed by atoms with Crippen molar-refractivity contribution in [3.05, 3.63) is 53.6 Å². The number of aliphatic hydroxyl groups is 1. The largest absolute Gasteiger partial charge is 0.399 e. The van der Waals surface area contributed by atoms with Crippen LogP contribution in [0.15, 0.2) is 48.1 Å². The number of hydrogen-bond donors (Lipinski definition) is 2. The third-order valence-electron chi connectivity index (χ3n) is 2.41. The Hall–Kier alpha value is -1.54. The Labute approximate surface area is 97.1 Å². The van der Waals surface area contributed by atoms with Crippen LogP contribution in [0.2, 0.25) is 0 Å². The van der Waals surface area contributed by atoms with Gasteiger partial charge in [-0.3, -0.25) is 0 Å². The lowest BCUT2D eigenvalue weighted by Gasteiger charge is -2.11. The summed E-state index contributed by atoms with van der Waals surface area (Å²) in [6.45, 7) is 4.00. The lowest BCUT2D eigenvalue weighted by Crippen LogP contribution is -1.99. The zero-order chi connectivity index (χ0) is 12.0. The maximum absolute atomic E-state index is 10.0. The molecule has 2 nitrogen and oxygen atoms in total. The van der Waals surface area contributed by atoms with Crippen LogP contribution in [0.1, 0.15) is 31.9 Å². The highest BCUT2D eigenvalue weighted by atomic mass is 16.3. The zero-order valence-corrected chi connectivity index (χ0v) is 9.85. The number of benzene rings is 1. The van der Waals surface area contributed by atoms with Gasteiger partial charge in [-0.25, -0.2) is 0 Å². The van der Waals surface area contributed by atoms with Crippen molar-refractivity contribution in [3.8, 4) is 0 Å². The minimum atomic E-state index is -0.554. The lowest BCUT2D eigenvalue weighted by atomic mass is 10.0. The second-order valence-electron chi connectivity index (χ2n) is 3.82. The molecule has 0 saturated carbocycles. The van der Waals surface area contributed by atoms with Crippen LogP contribution in [-0.2, 0) is 0 Å². The molecule has 0 bridgehead atoms. The van der Waals surface area contributed by atoms with E-state index in [0.717, 1.165) is 17.6 Å². The molecule has 0 saturated heterocycles. The van der Waals surface area contributed by atoms with Gasteiger partial charge < -0.3 is 10.8 Å². The minimum absolute atomic E-state index is 0.554. The average Bonchev–Trinajstić information content (AvgIpc) is 2.29. The molecular formula is C14H19NO. The van der Waals surface area contributed by atoms with Crippen LogP contribution in [0.4, 0.5) is 5.69 Å². The van der Waals surface area contributed by atoms with Gasteiger partial charge in [0, 0.05) is 5.69 Å². The van der Waals surface area contributed by atoms with Crippen LogP contribution in [0.3, 0.4) is 0 Å². The summed E-state index contributed by atoms with van der Waals surface area (Å²) in [5.41, 5.74) is 8.10. The van der Waals surface area contributed by atoms with Crippen molar-refractivity contribution in [1.29, 1.82) is 0 Å². The third-order valence-corrected chi connectivity index (χ3v) is 2.41. The lowest BCUT2D eigenvalue weighted by molar-refractivity contribution is 0.216. The van der Waals surface area contributed by atoms with E-state index in [1.54, 1.807) is 12.1 Å². The predicted molar refractivity (Wildman–Crippen MR) is 69.0 cm³/mol. The summed E-state index contributed by atoms with van der Waals surface area (Å²) in [5.74, 6) is 0. The zero-order valence-electron chi connectivity index (χ0n) is 9.85. The van der Waals surface area contributed by atoms with Crippen LogP contribution in [-0.4, -0.2) is 5.11 Å². The molecule has 1 rings (SSSR count). The third kappa shape index (κ3) is 3.55. The first-order chi connectivity index (χ1) is 7.65. The quantitative estimate of drug-likeness (QED) is 0.601. The van der Waals surface area contributed by atoms with Gasteiger partial charge >= 0.3 is 0 Å². The summed E-state index contributed by atoms with van der Waals surface area (Å²) in [7, 11) is 0. The van der Waals surface area contributed by atoms with Gasteiger partial charge in [0.05, 0.1) is 0 Å². The maximum Gasteiger partial charge on any atom is 0.100 e. The van der Waals surface area contributed by atoms with Crippen molar-refractivity contribution in [2.75, 3.05) is 5.73 Å². The van der Waals surface area contributed by atoms with E-state index in [-0.39, 0.29) is 0 Å². The van der Waals surface area contributed by atoms with Crippen LogP contribution in [0.5, 0.6) is 0 Å². The Balaban J connectivity index is 2.77. The van der Waals surface area contributed by atoms with Crippen molar-refractivity contribution in [2.45, 2.75) is 26.4 Å². The molecule has 1 aromatic carbocycles. The minimum Gasteiger partial charge on any atom is -0.399 e. The molecule has 0 aliphatic rings. The average molecular weight is 217 g/mol. The molecule has 1 unspecified atom stereocenters. The monoisotopic (exact) mass is 217 g/mol. The summed E-state index contributed by atoms with van der Waals surface area (Å²) >= 11 is 0. The summed E-state index contributed by atoms with van der Waals surface area (Å²) < 4.78 is 0. The summed E-state index contributed by atoms with van der Waals surface area (Å²) in [6.07, 6.45) is 6.41. The summed E-state index contributed by atoms with van der Waals surface area (Å²) in [5, 5.41) is 10.0. The Morgan fingerprint density at radius 1 is 1.38 bits per heavy atom. The van der Waals surface area contributed by atoms with E-state index < -0.39 is 6.10 Å². The van der Waals surface area contributed by atoms with Gasteiger partial charge in [0.15, 0.2) is 0 Å². The molecule has 0 aliphatic heterocycles. The first kappa shape index (κ1) is 12.5. The highest BCUT2D eigenvalue weighted by Gasteiger charge is 2.07. The number of nitrogen functional groups attached to an aromatic ring is 1. The van der Waals surface area contributed by atoms with Crippen LogP contribution >= 0.6 is 0 Å². The topological polar surface area (TPSA) is 46.2 Å². The summed E-state index contributed by atoms with van der Waals surface area (Å²) in [4.78, 5) is 0. The smallest absolute Gasteiger partial charge is 0.100 e. The van der Waals surface area contributed by atoms with E-state index in [1.165, 1.54) is 0 Å². The van der Waals surface area contributed by atoms with E-state index in [4.69, 9.17) is 5.73 Å².